The summed E-state index contributed by atoms with van der Waals surface area (Å²) >= 11 is 7.38. The molecule has 1 heterocycles. The number of rotatable bonds is 1. The van der Waals surface area contributed by atoms with Gasteiger partial charge in [-0.2, -0.15) is 0 Å². The Hall–Kier alpha value is -1.06. The second-order valence-corrected chi connectivity index (χ2v) is 4.18. The van der Waals surface area contributed by atoms with Crippen LogP contribution in [-0.2, 0) is 4.79 Å². The van der Waals surface area contributed by atoms with Crippen LogP contribution >= 0.6 is 22.9 Å². The van der Waals surface area contributed by atoms with E-state index < -0.39 is 0 Å². The summed E-state index contributed by atoms with van der Waals surface area (Å²) in [6.45, 7) is 1.38. The van der Waals surface area contributed by atoms with Crippen molar-refractivity contribution in [2.24, 2.45) is 0 Å². The summed E-state index contributed by atoms with van der Waals surface area (Å²) in [5.74, 6) is 0.268. The lowest BCUT2D eigenvalue weighted by molar-refractivity contribution is -0.131. The van der Waals surface area contributed by atoms with Crippen molar-refractivity contribution in [3.8, 4) is 5.75 Å². The lowest BCUT2D eigenvalue weighted by atomic mass is 10.2. The van der Waals surface area contributed by atoms with Gasteiger partial charge in [-0.1, -0.05) is 11.6 Å². The van der Waals surface area contributed by atoms with Crippen LogP contribution in [0.4, 0.5) is 0 Å². The summed E-state index contributed by atoms with van der Waals surface area (Å²) in [5.41, 5.74) is 0. The summed E-state index contributed by atoms with van der Waals surface area (Å²) in [6.07, 6.45) is 0. The molecule has 0 bridgehead atoms. The van der Waals surface area contributed by atoms with Gasteiger partial charge in [-0.25, -0.2) is 0 Å². The standard InChI is InChI=1S/C10H7ClO2S/c1-6(12)13-9-5-14-10-3-2-7(11)4-8(9)10/h2-5H,1H3. The van der Waals surface area contributed by atoms with Gasteiger partial charge in [0.25, 0.3) is 0 Å². The van der Waals surface area contributed by atoms with E-state index in [-0.39, 0.29) is 5.97 Å². The highest BCUT2D eigenvalue weighted by Gasteiger charge is 2.07. The van der Waals surface area contributed by atoms with Crippen molar-refractivity contribution >= 4 is 39.0 Å². The first kappa shape index (κ1) is 9.49. The van der Waals surface area contributed by atoms with Gasteiger partial charge >= 0.3 is 5.97 Å². The number of hydrogen-bond acceptors (Lipinski definition) is 3. The molecule has 0 fully saturated rings. The SMILES string of the molecule is CC(=O)Oc1csc2ccc(Cl)cc12. The third-order valence-electron chi connectivity index (χ3n) is 1.75. The quantitative estimate of drug-likeness (QED) is 0.696. The molecule has 72 valence electrons. The van der Waals surface area contributed by atoms with Crippen molar-refractivity contribution in [1.29, 1.82) is 0 Å². The number of hydrogen-bond donors (Lipinski definition) is 0. The van der Waals surface area contributed by atoms with E-state index in [0.29, 0.717) is 10.8 Å². The van der Waals surface area contributed by atoms with Crippen LogP contribution in [-0.4, -0.2) is 5.97 Å². The van der Waals surface area contributed by atoms with E-state index in [0.717, 1.165) is 10.1 Å². The highest BCUT2D eigenvalue weighted by Crippen LogP contribution is 2.33. The van der Waals surface area contributed by atoms with E-state index >= 15 is 0 Å². The van der Waals surface area contributed by atoms with Gasteiger partial charge in [0.1, 0.15) is 5.75 Å². The molecule has 0 N–H and O–H groups in total. The fourth-order valence-electron chi connectivity index (χ4n) is 1.21. The van der Waals surface area contributed by atoms with Gasteiger partial charge in [0, 0.05) is 27.4 Å². The smallest absolute Gasteiger partial charge is 0.308 e. The Kier molecular flexibility index (Phi) is 2.44. The van der Waals surface area contributed by atoms with Crippen molar-refractivity contribution in [1.82, 2.24) is 0 Å². The first-order valence-corrected chi connectivity index (χ1v) is 5.28. The van der Waals surface area contributed by atoms with Crippen LogP contribution in [0.2, 0.25) is 5.02 Å². The van der Waals surface area contributed by atoms with Crippen molar-refractivity contribution in [2.75, 3.05) is 0 Å². The molecule has 0 spiro atoms. The minimum Gasteiger partial charge on any atom is -0.425 e. The van der Waals surface area contributed by atoms with Gasteiger partial charge in [0.15, 0.2) is 0 Å². The summed E-state index contributed by atoms with van der Waals surface area (Å²) in [4.78, 5) is 10.8. The average molecular weight is 227 g/mol. The molecule has 0 saturated carbocycles. The van der Waals surface area contributed by atoms with Gasteiger partial charge in [-0.05, 0) is 18.2 Å². The Balaban J connectivity index is 2.55. The fourth-order valence-corrected chi connectivity index (χ4v) is 2.23. The highest BCUT2D eigenvalue weighted by atomic mass is 35.5. The van der Waals surface area contributed by atoms with Gasteiger partial charge < -0.3 is 4.74 Å². The predicted octanol–water partition coefficient (Wildman–Crippen LogP) is 3.48. The molecule has 14 heavy (non-hydrogen) atoms. The third kappa shape index (κ3) is 1.74. The maximum absolute atomic E-state index is 10.8. The largest absolute Gasteiger partial charge is 0.425 e. The predicted molar refractivity (Wildman–Crippen MR) is 58.1 cm³/mol. The minimum atomic E-state index is -0.315. The van der Waals surface area contributed by atoms with Crippen LogP contribution in [0, 0.1) is 0 Å². The van der Waals surface area contributed by atoms with Crippen molar-refractivity contribution in [3.05, 3.63) is 28.6 Å². The molecule has 1 aromatic carbocycles. The number of fused-ring (bicyclic) bond motifs is 1. The third-order valence-corrected chi connectivity index (χ3v) is 2.93. The van der Waals surface area contributed by atoms with Crippen molar-refractivity contribution < 1.29 is 9.53 Å². The van der Waals surface area contributed by atoms with Crippen LogP contribution in [0.3, 0.4) is 0 Å². The van der Waals surface area contributed by atoms with E-state index in [2.05, 4.69) is 0 Å². The van der Waals surface area contributed by atoms with Crippen molar-refractivity contribution in [2.45, 2.75) is 6.92 Å². The zero-order valence-electron chi connectivity index (χ0n) is 7.41. The van der Waals surface area contributed by atoms with Gasteiger partial charge in [0.05, 0.1) is 0 Å². The molecule has 0 aliphatic heterocycles. The van der Waals surface area contributed by atoms with Crippen LogP contribution in [0.5, 0.6) is 5.75 Å². The van der Waals surface area contributed by atoms with Crippen LogP contribution in [0.25, 0.3) is 10.1 Å². The second-order valence-electron chi connectivity index (χ2n) is 2.83. The molecular weight excluding hydrogens is 220 g/mol. The summed E-state index contributed by atoms with van der Waals surface area (Å²) in [5, 5.41) is 3.34. The van der Waals surface area contributed by atoms with Crippen LogP contribution < -0.4 is 4.74 Å². The number of ether oxygens (including phenoxy) is 1. The molecule has 0 aliphatic carbocycles. The monoisotopic (exact) mass is 226 g/mol. The van der Waals surface area contributed by atoms with E-state index in [1.165, 1.54) is 18.3 Å². The molecule has 1 aromatic heterocycles. The molecule has 0 amide bonds. The van der Waals surface area contributed by atoms with Gasteiger partial charge in [0.2, 0.25) is 0 Å². The Labute approximate surface area is 90.1 Å². The Morgan fingerprint density at radius 1 is 1.50 bits per heavy atom. The zero-order chi connectivity index (χ0) is 10.1. The summed E-state index contributed by atoms with van der Waals surface area (Å²) in [7, 11) is 0. The molecule has 0 radical (unpaired) electrons. The van der Waals surface area contributed by atoms with Gasteiger partial charge in [-0.3, -0.25) is 4.79 Å². The van der Waals surface area contributed by atoms with E-state index in [1.54, 1.807) is 6.07 Å². The topological polar surface area (TPSA) is 26.3 Å². The Morgan fingerprint density at radius 3 is 3.00 bits per heavy atom. The zero-order valence-corrected chi connectivity index (χ0v) is 8.98. The lowest BCUT2D eigenvalue weighted by Gasteiger charge is -1.98. The molecule has 2 nitrogen and oxygen atoms in total. The normalized spacial score (nSPS) is 10.4. The maximum atomic E-state index is 10.8. The first-order chi connectivity index (χ1) is 6.66. The number of thiophene rings is 1. The van der Waals surface area contributed by atoms with E-state index in [1.807, 2.05) is 17.5 Å². The lowest BCUT2D eigenvalue weighted by Crippen LogP contribution is -2.00. The van der Waals surface area contributed by atoms with Crippen molar-refractivity contribution in [3.63, 3.8) is 0 Å². The molecule has 2 rings (SSSR count). The summed E-state index contributed by atoms with van der Waals surface area (Å²) < 4.78 is 6.10. The summed E-state index contributed by atoms with van der Waals surface area (Å²) in [6, 6.07) is 5.53. The minimum absolute atomic E-state index is 0.315. The number of carbonyl (C=O) groups is 1. The fraction of sp³-hybridized carbons (Fsp3) is 0.100. The molecule has 4 heteroatoms. The number of halogens is 1. The molecule has 0 unspecified atom stereocenters. The number of benzene rings is 1. The number of carbonyl (C=O) groups excluding carboxylic acids is 1. The first-order valence-electron chi connectivity index (χ1n) is 4.02. The number of esters is 1. The van der Waals surface area contributed by atoms with Gasteiger partial charge in [-0.15, -0.1) is 11.3 Å². The average Bonchev–Trinajstić information content (AvgIpc) is 2.47. The molecular formula is C10H7ClO2S. The maximum Gasteiger partial charge on any atom is 0.308 e. The molecule has 0 saturated heterocycles. The molecule has 2 aromatic rings. The molecule has 0 aliphatic rings. The Bertz CT molecular complexity index is 490. The van der Waals surface area contributed by atoms with Crippen LogP contribution in [0.15, 0.2) is 23.6 Å². The highest BCUT2D eigenvalue weighted by molar-refractivity contribution is 7.17. The van der Waals surface area contributed by atoms with E-state index in [9.17, 15) is 4.79 Å². The second kappa shape index (κ2) is 3.59. The van der Waals surface area contributed by atoms with Crippen LogP contribution in [0.1, 0.15) is 6.92 Å². The Morgan fingerprint density at radius 2 is 2.29 bits per heavy atom. The molecule has 0 atom stereocenters. The van der Waals surface area contributed by atoms with E-state index in [4.69, 9.17) is 16.3 Å².